The van der Waals surface area contributed by atoms with Crippen LogP contribution in [0.2, 0.25) is 0 Å². The zero-order chi connectivity index (χ0) is 11.5. The summed E-state index contributed by atoms with van der Waals surface area (Å²) in [7, 11) is 0. The van der Waals surface area contributed by atoms with Crippen LogP contribution >= 0.6 is 0 Å². The van der Waals surface area contributed by atoms with Crippen molar-refractivity contribution in [3.63, 3.8) is 0 Å². The number of anilines is 1. The maximum absolute atomic E-state index is 9.23. The normalized spacial score (nSPS) is 30.0. The maximum Gasteiger partial charge on any atom is 0.115 e. The highest BCUT2D eigenvalue weighted by atomic mass is 16.3. The lowest BCUT2D eigenvalue weighted by atomic mass is 9.80. The van der Waals surface area contributed by atoms with Gasteiger partial charge in [0, 0.05) is 11.7 Å². The van der Waals surface area contributed by atoms with Gasteiger partial charge < -0.3 is 10.4 Å². The summed E-state index contributed by atoms with van der Waals surface area (Å²) in [5, 5.41) is 12.8. The zero-order valence-electron chi connectivity index (χ0n) is 10.1. The van der Waals surface area contributed by atoms with Gasteiger partial charge in [0.15, 0.2) is 0 Å². The van der Waals surface area contributed by atoms with Gasteiger partial charge in [-0.15, -0.1) is 0 Å². The first kappa shape index (κ1) is 11.3. The highest BCUT2D eigenvalue weighted by molar-refractivity contribution is 5.46. The van der Waals surface area contributed by atoms with Crippen molar-refractivity contribution in [3.8, 4) is 5.75 Å². The summed E-state index contributed by atoms with van der Waals surface area (Å²) in [5.41, 5.74) is 1.11. The van der Waals surface area contributed by atoms with Crippen molar-refractivity contribution in [1.29, 1.82) is 0 Å². The Balaban J connectivity index is 2.00. The lowest BCUT2D eigenvalue weighted by Gasteiger charge is -2.34. The Bertz CT molecular complexity index is 333. The van der Waals surface area contributed by atoms with E-state index in [0.717, 1.165) is 17.5 Å². The van der Waals surface area contributed by atoms with E-state index in [1.54, 1.807) is 12.1 Å². The number of rotatable bonds is 2. The molecule has 1 aliphatic rings. The Kier molecular flexibility index (Phi) is 3.37. The molecule has 0 spiro atoms. The predicted molar refractivity (Wildman–Crippen MR) is 67.7 cm³/mol. The third kappa shape index (κ3) is 2.69. The van der Waals surface area contributed by atoms with Crippen LogP contribution in [0.4, 0.5) is 5.69 Å². The molecule has 2 rings (SSSR count). The molecule has 1 aliphatic carbocycles. The van der Waals surface area contributed by atoms with Crippen molar-refractivity contribution < 1.29 is 5.11 Å². The molecule has 1 aromatic carbocycles. The number of hydrogen-bond acceptors (Lipinski definition) is 2. The Hall–Kier alpha value is -1.18. The molecule has 1 fully saturated rings. The fourth-order valence-corrected chi connectivity index (χ4v) is 2.51. The Labute approximate surface area is 97.7 Å². The quantitative estimate of drug-likeness (QED) is 0.744. The molecule has 3 atom stereocenters. The van der Waals surface area contributed by atoms with Crippen molar-refractivity contribution >= 4 is 5.69 Å². The average molecular weight is 219 g/mol. The van der Waals surface area contributed by atoms with Gasteiger partial charge in [-0.3, -0.25) is 0 Å². The lowest BCUT2D eigenvalue weighted by molar-refractivity contribution is 0.280. The number of phenolic OH excluding ortho intramolecular Hbond substituents is 1. The molecular formula is C14H21NO. The molecule has 0 heterocycles. The Morgan fingerprint density at radius 2 is 1.81 bits per heavy atom. The minimum atomic E-state index is 0.329. The van der Waals surface area contributed by atoms with Crippen LogP contribution in [0.15, 0.2) is 24.3 Å². The first-order valence-electron chi connectivity index (χ1n) is 6.20. The molecule has 0 aliphatic heterocycles. The molecular weight excluding hydrogens is 198 g/mol. The summed E-state index contributed by atoms with van der Waals surface area (Å²) in [6, 6.07) is 7.94. The summed E-state index contributed by atoms with van der Waals surface area (Å²) >= 11 is 0. The van der Waals surface area contributed by atoms with Crippen molar-refractivity contribution in [3.05, 3.63) is 24.3 Å². The van der Waals surface area contributed by atoms with E-state index in [0.29, 0.717) is 11.8 Å². The van der Waals surface area contributed by atoms with Gasteiger partial charge >= 0.3 is 0 Å². The van der Waals surface area contributed by atoms with Crippen LogP contribution < -0.4 is 5.32 Å². The molecule has 2 nitrogen and oxygen atoms in total. The van der Waals surface area contributed by atoms with E-state index in [2.05, 4.69) is 19.2 Å². The van der Waals surface area contributed by atoms with Crippen LogP contribution in [0, 0.1) is 11.8 Å². The van der Waals surface area contributed by atoms with Crippen molar-refractivity contribution in [2.75, 3.05) is 5.32 Å². The number of nitrogens with one attached hydrogen (secondary N) is 1. The highest BCUT2D eigenvalue weighted by Gasteiger charge is 2.25. The van der Waals surface area contributed by atoms with Crippen molar-refractivity contribution in [2.24, 2.45) is 11.8 Å². The van der Waals surface area contributed by atoms with Crippen LogP contribution in [-0.4, -0.2) is 11.1 Å². The van der Waals surface area contributed by atoms with Gasteiger partial charge in [-0.25, -0.2) is 0 Å². The fourth-order valence-electron chi connectivity index (χ4n) is 2.51. The van der Waals surface area contributed by atoms with Crippen LogP contribution in [0.1, 0.15) is 33.1 Å². The minimum Gasteiger partial charge on any atom is -0.508 e. The van der Waals surface area contributed by atoms with Crippen molar-refractivity contribution in [1.82, 2.24) is 0 Å². The number of aromatic hydroxyl groups is 1. The van der Waals surface area contributed by atoms with Crippen LogP contribution in [0.25, 0.3) is 0 Å². The largest absolute Gasteiger partial charge is 0.508 e. The van der Waals surface area contributed by atoms with Gasteiger partial charge in [0.2, 0.25) is 0 Å². The Morgan fingerprint density at radius 3 is 2.50 bits per heavy atom. The van der Waals surface area contributed by atoms with Gasteiger partial charge in [-0.2, -0.15) is 0 Å². The second-order valence-corrected chi connectivity index (χ2v) is 5.19. The van der Waals surface area contributed by atoms with Gasteiger partial charge in [0.25, 0.3) is 0 Å². The van der Waals surface area contributed by atoms with Gasteiger partial charge in [0.05, 0.1) is 0 Å². The van der Waals surface area contributed by atoms with E-state index in [9.17, 15) is 5.11 Å². The third-order valence-electron chi connectivity index (χ3n) is 3.68. The molecule has 16 heavy (non-hydrogen) atoms. The summed E-state index contributed by atoms with van der Waals surface area (Å²) in [6.07, 6.45) is 3.92. The minimum absolute atomic E-state index is 0.329. The monoisotopic (exact) mass is 219 g/mol. The van der Waals surface area contributed by atoms with E-state index >= 15 is 0 Å². The van der Waals surface area contributed by atoms with Crippen LogP contribution in [-0.2, 0) is 0 Å². The van der Waals surface area contributed by atoms with E-state index in [1.165, 1.54) is 19.3 Å². The first-order valence-corrected chi connectivity index (χ1v) is 6.20. The zero-order valence-corrected chi connectivity index (χ0v) is 10.1. The number of benzene rings is 1. The standard InChI is InChI=1S/C14H21NO/c1-10-3-4-11(2)14(9-10)15-12-5-7-13(16)8-6-12/h5-8,10-11,14-16H,3-4,9H2,1-2H3. The highest BCUT2D eigenvalue weighted by Crippen LogP contribution is 2.30. The molecule has 2 heteroatoms. The van der Waals surface area contributed by atoms with Crippen LogP contribution in [0.3, 0.4) is 0 Å². The molecule has 3 unspecified atom stereocenters. The number of phenols is 1. The van der Waals surface area contributed by atoms with E-state index < -0.39 is 0 Å². The molecule has 0 aromatic heterocycles. The fraction of sp³-hybridized carbons (Fsp3) is 0.571. The number of hydrogen-bond donors (Lipinski definition) is 2. The lowest BCUT2D eigenvalue weighted by Crippen LogP contribution is -2.33. The molecule has 1 aromatic rings. The van der Waals surface area contributed by atoms with Crippen molar-refractivity contribution in [2.45, 2.75) is 39.2 Å². The molecule has 1 saturated carbocycles. The summed E-state index contributed by atoms with van der Waals surface area (Å²) < 4.78 is 0. The summed E-state index contributed by atoms with van der Waals surface area (Å²) in [5.74, 6) is 1.89. The molecule has 0 saturated heterocycles. The molecule has 2 N–H and O–H groups in total. The molecule has 0 bridgehead atoms. The maximum atomic E-state index is 9.23. The Morgan fingerprint density at radius 1 is 1.12 bits per heavy atom. The van der Waals surface area contributed by atoms with E-state index in [-0.39, 0.29) is 0 Å². The van der Waals surface area contributed by atoms with E-state index in [4.69, 9.17) is 0 Å². The summed E-state index contributed by atoms with van der Waals surface area (Å²) in [6.45, 7) is 4.65. The van der Waals surface area contributed by atoms with Gasteiger partial charge in [-0.05, 0) is 48.9 Å². The smallest absolute Gasteiger partial charge is 0.115 e. The predicted octanol–water partition coefficient (Wildman–Crippen LogP) is 3.63. The SMILES string of the molecule is CC1CCC(C)C(Nc2ccc(O)cc2)C1. The summed E-state index contributed by atoms with van der Waals surface area (Å²) in [4.78, 5) is 0. The van der Waals surface area contributed by atoms with Gasteiger partial charge in [0.1, 0.15) is 5.75 Å². The van der Waals surface area contributed by atoms with E-state index in [1.807, 2.05) is 12.1 Å². The van der Waals surface area contributed by atoms with Gasteiger partial charge in [-0.1, -0.05) is 20.3 Å². The molecule has 0 radical (unpaired) electrons. The average Bonchev–Trinajstić information content (AvgIpc) is 2.27. The second kappa shape index (κ2) is 4.77. The first-order chi connectivity index (χ1) is 7.65. The molecule has 0 amide bonds. The topological polar surface area (TPSA) is 32.3 Å². The second-order valence-electron chi connectivity index (χ2n) is 5.19. The third-order valence-corrected chi connectivity index (χ3v) is 3.68. The molecule has 88 valence electrons. The van der Waals surface area contributed by atoms with Crippen LogP contribution in [0.5, 0.6) is 5.75 Å².